The summed E-state index contributed by atoms with van der Waals surface area (Å²) < 4.78 is 6.06. The van der Waals surface area contributed by atoms with Gasteiger partial charge in [-0.1, -0.05) is 56.1 Å². The molecule has 1 atom stereocenters. The van der Waals surface area contributed by atoms with Gasteiger partial charge in [0.05, 0.1) is 10.0 Å². The fourth-order valence-electron chi connectivity index (χ4n) is 4.04. The molecule has 3 rings (SSSR count). The Morgan fingerprint density at radius 2 is 1.78 bits per heavy atom. The molecule has 32 heavy (non-hydrogen) atoms. The number of anilines is 1. The number of aliphatic hydroxyl groups is 1. The highest BCUT2D eigenvalue weighted by atomic mass is 35.5. The Labute approximate surface area is 199 Å². The van der Waals surface area contributed by atoms with E-state index in [4.69, 9.17) is 27.9 Å². The Kier molecular flexibility index (Phi) is 7.63. The number of phenols is 1. The molecule has 1 heterocycles. The van der Waals surface area contributed by atoms with E-state index in [1.807, 2.05) is 32.9 Å². The van der Waals surface area contributed by atoms with Crippen LogP contribution in [0.25, 0.3) is 0 Å². The van der Waals surface area contributed by atoms with Gasteiger partial charge in [-0.2, -0.15) is 0 Å². The first kappa shape index (κ1) is 24.3. The SMILES string of the molecule is CCCN(C1=C(O)CC(CCc2ccc(O)cc2)(C(C)C)OC1=O)c1ccc(Cl)c(Cl)c1. The van der Waals surface area contributed by atoms with Crippen LogP contribution in [0.15, 0.2) is 53.9 Å². The molecule has 0 radical (unpaired) electrons. The zero-order valence-corrected chi connectivity index (χ0v) is 20.1. The third-order valence-electron chi connectivity index (χ3n) is 5.99. The lowest BCUT2D eigenvalue weighted by Crippen LogP contribution is -2.47. The quantitative estimate of drug-likeness (QED) is 0.415. The number of aliphatic hydroxyl groups excluding tert-OH is 1. The van der Waals surface area contributed by atoms with E-state index in [1.54, 1.807) is 35.2 Å². The highest BCUT2D eigenvalue weighted by Crippen LogP contribution is 2.41. The number of ether oxygens (including phenoxy) is 1. The number of phenolic OH excluding ortho intramolecular Hbond substituents is 1. The normalized spacial score (nSPS) is 18.8. The van der Waals surface area contributed by atoms with Crippen LogP contribution < -0.4 is 4.90 Å². The summed E-state index contributed by atoms with van der Waals surface area (Å²) in [6.07, 6.45) is 2.19. The summed E-state index contributed by atoms with van der Waals surface area (Å²) in [5, 5.41) is 21.4. The molecule has 0 fully saturated rings. The first-order valence-corrected chi connectivity index (χ1v) is 11.6. The highest BCUT2D eigenvalue weighted by molar-refractivity contribution is 6.42. The summed E-state index contributed by atoms with van der Waals surface area (Å²) in [6, 6.07) is 12.1. The molecule has 1 aliphatic rings. The number of aromatic hydroxyl groups is 1. The van der Waals surface area contributed by atoms with Crippen molar-refractivity contribution < 1.29 is 19.7 Å². The number of carbonyl (C=O) groups excluding carboxylic acids is 1. The molecular formula is C25H29Cl2NO4. The van der Waals surface area contributed by atoms with Crippen molar-refractivity contribution in [3.63, 3.8) is 0 Å². The van der Waals surface area contributed by atoms with Crippen LogP contribution in [0.5, 0.6) is 5.75 Å². The molecule has 0 saturated carbocycles. The number of rotatable bonds is 8. The highest BCUT2D eigenvalue weighted by Gasteiger charge is 2.45. The van der Waals surface area contributed by atoms with Crippen molar-refractivity contribution in [2.24, 2.45) is 5.92 Å². The average molecular weight is 478 g/mol. The Hall–Kier alpha value is -2.37. The van der Waals surface area contributed by atoms with Crippen LogP contribution in [0, 0.1) is 5.92 Å². The second-order valence-electron chi connectivity index (χ2n) is 8.50. The van der Waals surface area contributed by atoms with Crippen LogP contribution in [0.2, 0.25) is 10.0 Å². The van der Waals surface area contributed by atoms with Gasteiger partial charge in [0.15, 0.2) is 5.70 Å². The van der Waals surface area contributed by atoms with Gasteiger partial charge in [-0.05, 0) is 61.1 Å². The van der Waals surface area contributed by atoms with E-state index in [9.17, 15) is 15.0 Å². The van der Waals surface area contributed by atoms with Crippen molar-refractivity contribution >= 4 is 34.9 Å². The number of aryl methyl sites for hydroxylation is 1. The van der Waals surface area contributed by atoms with Gasteiger partial charge in [0, 0.05) is 18.7 Å². The first-order chi connectivity index (χ1) is 15.2. The zero-order valence-electron chi connectivity index (χ0n) is 18.6. The topological polar surface area (TPSA) is 70.0 Å². The standard InChI is InChI=1S/C25H29Cl2NO4/c1-4-13-28(18-7-10-20(26)21(27)14-18)23-22(30)15-25(16(2)3,32-24(23)31)12-11-17-5-8-19(29)9-6-17/h5-10,14,16,29-30H,4,11-13,15H2,1-3H3. The molecule has 7 heteroatoms. The largest absolute Gasteiger partial charge is 0.510 e. The van der Waals surface area contributed by atoms with Crippen molar-refractivity contribution in [1.82, 2.24) is 0 Å². The maximum Gasteiger partial charge on any atom is 0.359 e. The van der Waals surface area contributed by atoms with Gasteiger partial charge >= 0.3 is 5.97 Å². The van der Waals surface area contributed by atoms with Gasteiger partial charge in [-0.3, -0.25) is 0 Å². The molecule has 0 bridgehead atoms. The Morgan fingerprint density at radius 1 is 1.09 bits per heavy atom. The second kappa shape index (κ2) is 10.1. The Bertz CT molecular complexity index is 1000. The molecule has 1 aliphatic heterocycles. The number of carbonyl (C=O) groups is 1. The lowest BCUT2D eigenvalue weighted by Gasteiger charge is -2.42. The molecule has 1 unspecified atom stereocenters. The van der Waals surface area contributed by atoms with Crippen molar-refractivity contribution in [3.05, 3.63) is 69.5 Å². The predicted octanol–water partition coefficient (Wildman–Crippen LogP) is 6.66. The molecule has 2 aromatic carbocycles. The fraction of sp³-hybridized carbons (Fsp3) is 0.400. The fourth-order valence-corrected chi connectivity index (χ4v) is 4.33. The molecule has 0 saturated heterocycles. The van der Waals surface area contributed by atoms with Gasteiger partial charge < -0.3 is 19.8 Å². The summed E-state index contributed by atoms with van der Waals surface area (Å²) >= 11 is 12.3. The number of hydrogen-bond acceptors (Lipinski definition) is 5. The monoisotopic (exact) mass is 477 g/mol. The van der Waals surface area contributed by atoms with Crippen molar-refractivity contribution in [2.75, 3.05) is 11.4 Å². The van der Waals surface area contributed by atoms with E-state index < -0.39 is 11.6 Å². The average Bonchev–Trinajstić information content (AvgIpc) is 2.74. The zero-order chi connectivity index (χ0) is 23.5. The lowest BCUT2D eigenvalue weighted by molar-refractivity contribution is -0.166. The van der Waals surface area contributed by atoms with Crippen LogP contribution >= 0.6 is 23.2 Å². The van der Waals surface area contributed by atoms with Gasteiger partial charge in [0.2, 0.25) is 0 Å². The maximum atomic E-state index is 13.2. The van der Waals surface area contributed by atoms with E-state index in [0.717, 1.165) is 12.0 Å². The van der Waals surface area contributed by atoms with E-state index in [1.165, 1.54) is 0 Å². The van der Waals surface area contributed by atoms with Gasteiger partial charge in [-0.15, -0.1) is 0 Å². The molecule has 5 nitrogen and oxygen atoms in total. The molecule has 2 N–H and O–H groups in total. The summed E-state index contributed by atoms with van der Waals surface area (Å²) in [6.45, 7) is 6.48. The van der Waals surface area contributed by atoms with Gasteiger partial charge in [0.1, 0.15) is 17.1 Å². The maximum absolute atomic E-state index is 13.2. The number of halogens is 2. The third-order valence-corrected chi connectivity index (χ3v) is 6.73. The van der Waals surface area contributed by atoms with Crippen LogP contribution in [0.3, 0.4) is 0 Å². The van der Waals surface area contributed by atoms with E-state index >= 15 is 0 Å². The smallest absolute Gasteiger partial charge is 0.359 e. The van der Waals surface area contributed by atoms with Crippen molar-refractivity contribution in [1.29, 1.82) is 0 Å². The molecular weight excluding hydrogens is 449 g/mol. The summed E-state index contributed by atoms with van der Waals surface area (Å²) in [5.41, 5.74) is 1.02. The number of hydrogen-bond donors (Lipinski definition) is 2. The minimum atomic E-state index is -0.821. The van der Waals surface area contributed by atoms with E-state index in [2.05, 4.69) is 0 Å². The molecule has 2 aromatic rings. The van der Waals surface area contributed by atoms with Crippen molar-refractivity contribution in [3.8, 4) is 5.75 Å². The lowest BCUT2D eigenvalue weighted by atomic mass is 9.79. The number of cyclic esters (lactones) is 1. The van der Waals surface area contributed by atoms with Crippen LogP contribution in [-0.2, 0) is 16.0 Å². The van der Waals surface area contributed by atoms with Crippen LogP contribution in [0.1, 0.15) is 45.6 Å². The predicted molar refractivity (Wildman–Crippen MR) is 128 cm³/mol. The second-order valence-corrected chi connectivity index (χ2v) is 9.31. The van der Waals surface area contributed by atoms with Crippen molar-refractivity contribution in [2.45, 2.75) is 52.1 Å². The number of benzene rings is 2. The van der Waals surface area contributed by atoms with Gasteiger partial charge in [0.25, 0.3) is 0 Å². The van der Waals surface area contributed by atoms with Crippen LogP contribution in [-0.4, -0.2) is 28.3 Å². The minimum Gasteiger partial charge on any atom is -0.510 e. The summed E-state index contributed by atoms with van der Waals surface area (Å²) in [4.78, 5) is 15.0. The Morgan fingerprint density at radius 3 is 2.34 bits per heavy atom. The summed E-state index contributed by atoms with van der Waals surface area (Å²) in [7, 11) is 0. The number of nitrogens with zero attached hydrogens (tertiary/aromatic N) is 1. The molecule has 0 amide bonds. The third kappa shape index (κ3) is 5.16. The molecule has 172 valence electrons. The van der Waals surface area contributed by atoms with E-state index in [-0.39, 0.29) is 29.5 Å². The summed E-state index contributed by atoms with van der Waals surface area (Å²) in [5.74, 6) is -0.329. The van der Waals surface area contributed by atoms with Gasteiger partial charge in [-0.25, -0.2) is 4.79 Å². The molecule has 0 spiro atoms. The minimum absolute atomic E-state index is 0.00290. The number of esters is 1. The van der Waals surface area contributed by atoms with E-state index in [0.29, 0.717) is 35.1 Å². The first-order valence-electron chi connectivity index (χ1n) is 10.8. The molecule has 0 aliphatic carbocycles. The molecule has 0 aromatic heterocycles. The Balaban J connectivity index is 1.91. The van der Waals surface area contributed by atoms with Crippen LogP contribution in [0.4, 0.5) is 5.69 Å².